The standard InChI is InChI=1S/C20H23NO5/c1-11-12(2)26-18-14(11)7-6-8-15(18)20(22)21-13-9-16(23-3)19(25-5)17(10-13)24-4/h6-12H,1-5H3,(H,21,22)/t11-,12-/m1/s1. The zero-order chi connectivity index (χ0) is 18.8. The van der Waals surface area contributed by atoms with E-state index in [1.54, 1.807) is 18.2 Å². The molecule has 2 aromatic rings. The number of methoxy groups -OCH3 is 3. The molecule has 0 spiro atoms. The maximum absolute atomic E-state index is 12.8. The average molecular weight is 357 g/mol. The predicted octanol–water partition coefficient (Wildman–Crippen LogP) is 3.85. The number of ether oxygens (including phenoxy) is 4. The van der Waals surface area contributed by atoms with Crippen molar-refractivity contribution in [3.05, 3.63) is 41.5 Å². The Hall–Kier alpha value is -2.89. The van der Waals surface area contributed by atoms with Gasteiger partial charge in [0.05, 0.1) is 26.9 Å². The first-order chi connectivity index (χ1) is 12.5. The van der Waals surface area contributed by atoms with Crippen molar-refractivity contribution in [2.45, 2.75) is 25.9 Å². The van der Waals surface area contributed by atoms with Gasteiger partial charge in [-0.05, 0) is 13.0 Å². The Bertz CT molecular complexity index is 808. The van der Waals surface area contributed by atoms with Crippen LogP contribution in [0.1, 0.15) is 35.7 Å². The summed E-state index contributed by atoms with van der Waals surface area (Å²) in [4.78, 5) is 12.8. The second kappa shape index (κ2) is 7.15. The van der Waals surface area contributed by atoms with E-state index in [4.69, 9.17) is 18.9 Å². The summed E-state index contributed by atoms with van der Waals surface area (Å²) < 4.78 is 21.9. The molecule has 3 rings (SSSR count). The predicted molar refractivity (Wildman–Crippen MR) is 99.0 cm³/mol. The second-order valence-corrected chi connectivity index (χ2v) is 6.20. The Morgan fingerprint density at radius 1 is 1.04 bits per heavy atom. The molecule has 138 valence electrons. The Kier molecular flexibility index (Phi) is 4.93. The highest BCUT2D eigenvalue weighted by Crippen LogP contribution is 2.42. The number of rotatable bonds is 5. The van der Waals surface area contributed by atoms with Crippen LogP contribution >= 0.6 is 0 Å². The van der Waals surface area contributed by atoms with Crippen molar-refractivity contribution < 1.29 is 23.7 Å². The minimum Gasteiger partial charge on any atom is -0.493 e. The molecule has 1 amide bonds. The van der Waals surface area contributed by atoms with Gasteiger partial charge in [-0.1, -0.05) is 19.1 Å². The molecule has 0 saturated carbocycles. The Balaban J connectivity index is 1.93. The van der Waals surface area contributed by atoms with Gasteiger partial charge in [-0.2, -0.15) is 0 Å². The van der Waals surface area contributed by atoms with Gasteiger partial charge in [0.2, 0.25) is 5.75 Å². The fourth-order valence-electron chi connectivity index (χ4n) is 3.12. The first-order valence-electron chi connectivity index (χ1n) is 8.41. The molecule has 0 bridgehead atoms. The lowest BCUT2D eigenvalue weighted by molar-refractivity contribution is 0.102. The van der Waals surface area contributed by atoms with Crippen molar-refractivity contribution in [1.29, 1.82) is 0 Å². The summed E-state index contributed by atoms with van der Waals surface area (Å²) in [6.07, 6.45) is 0.0418. The molecule has 1 aliphatic rings. The molecule has 0 saturated heterocycles. The summed E-state index contributed by atoms with van der Waals surface area (Å²) in [7, 11) is 4.60. The van der Waals surface area contributed by atoms with Crippen LogP contribution in [0.5, 0.6) is 23.0 Å². The zero-order valence-corrected chi connectivity index (χ0v) is 15.6. The van der Waals surface area contributed by atoms with Crippen LogP contribution in [-0.2, 0) is 0 Å². The third-order valence-corrected chi connectivity index (χ3v) is 4.71. The fraction of sp³-hybridized carbons (Fsp3) is 0.350. The monoisotopic (exact) mass is 357 g/mol. The number of hydrogen-bond donors (Lipinski definition) is 1. The van der Waals surface area contributed by atoms with Crippen LogP contribution in [-0.4, -0.2) is 33.3 Å². The molecule has 6 nitrogen and oxygen atoms in total. The van der Waals surface area contributed by atoms with Crippen molar-refractivity contribution in [2.75, 3.05) is 26.6 Å². The first kappa shape index (κ1) is 17.9. The lowest BCUT2D eigenvalue weighted by Gasteiger charge is -2.15. The molecule has 0 radical (unpaired) electrons. The lowest BCUT2D eigenvalue weighted by atomic mass is 9.97. The van der Waals surface area contributed by atoms with Crippen molar-refractivity contribution >= 4 is 11.6 Å². The third kappa shape index (κ3) is 3.03. The minimum absolute atomic E-state index is 0.0418. The van der Waals surface area contributed by atoms with Crippen molar-refractivity contribution in [3.8, 4) is 23.0 Å². The van der Waals surface area contributed by atoms with Crippen LogP contribution < -0.4 is 24.3 Å². The van der Waals surface area contributed by atoms with E-state index in [9.17, 15) is 4.79 Å². The Morgan fingerprint density at radius 3 is 2.27 bits per heavy atom. The number of fused-ring (bicyclic) bond motifs is 1. The molecule has 0 aromatic heterocycles. The molecule has 0 aliphatic carbocycles. The number of anilines is 1. The molecule has 2 aromatic carbocycles. The van der Waals surface area contributed by atoms with E-state index in [1.165, 1.54) is 21.3 Å². The van der Waals surface area contributed by atoms with E-state index < -0.39 is 0 Å². The number of carbonyl (C=O) groups excluding carboxylic acids is 1. The Morgan fingerprint density at radius 2 is 1.69 bits per heavy atom. The molecule has 2 atom stereocenters. The van der Waals surface area contributed by atoms with E-state index in [0.29, 0.717) is 34.2 Å². The van der Waals surface area contributed by atoms with Gasteiger partial charge < -0.3 is 24.3 Å². The third-order valence-electron chi connectivity index (χ3n) is 4.71. The highest BCUT2D eigenvalue weighted by atomic mass is 16.5. The quantitative estimate of drug-likeness (QED) is 0.880. The summed E-state index contributed by atoms with van der Waals surface area (Å²) in [6.45, 7) is 4.10. The van der Waals surface area contributed by atoms with E-state index in [1.807, 2.05) is 19.1 Å². The molecule has 26 heavy (non-hydrogen) atoms. The lowest BCUT2D eigenvalue weighted by Crippen LogP contribution is -2.14. The zero-order valence-electron chi connectivity index (χ0n) is 15.6. The van der Waals surface area contributed by atoms with Crippen molar-refractivity contribution in [1.82, 2.24) is 0 Å². The van der Waals surface area contributed by atoms with Gasteiger partial charge in [-0.25, -0.2) is 0 Å². The summed E-state index contributed by atoms with van der Waals surface area (Å²) in [6, 6.07) is 9.01. The molecule has 1 aliphatic heterocycles. The number of hydrogen-bond acceptors (Lipinski definition) is 5. The van der Waals surface area contributed by atoms with Crippen LogP contribution in [0.3, 0.4) is 0 Å². The molecule has 1 N–H and O–H groups in total. The maximum Gasteiger partial charge on any atom is 0.259 e. The summed E-state index contributed by atoms with van der Waals surface area (Å²) in [5.74, 6) is 2.06. The maximum atomic E-state index is 12.8. The van der Waals surface area contributed by atoms with Gasteiger partial charge in [0.25, 0.3) is 5.91 Å². The van der Waals surface area contributed by atoms with E-state index >= 15 is 0 Å². The van der Waals surface area contributed by atoms with Crippen LogP contribution in [0.15, 0.2) is 30.3 Å². The molecule has 0 fully saturated rings. The number of benzene rings is 2. The highest BCUT2D eigenvalue weighted by Gasteiger charge is 2.31. The molecular weight excluding hydrogens is 334 g/mol. The van der Waals surface area contributed by atoms with Gasteiger partial charge in [0.15, 0.2) is 11.5 Å². The second-order valence-electron chi connectivity index (χ2n) is 6.20. The fourth-order valence-corrected chi connectivity index (χ4v) is 3.12. The van der Waals surface area contributed by atoms with Crippen LogP contribution in [0.4, 0.5) is 5.69 Å². The van der Waals surface area contributed by atoms with Crippen LogP contribution in [0.25, 0.3) is 0 Å². The average Bonchev–Trinajstić information content (AvgIpc) is 2.95. The molecular formula is C20H23NO5. The van der Waals surface area contributed by atoms with Crippen LogP contribution in [0, 0.1) is 0 Å². The van der Waals surface area contributed by atoms with Gasteiger partial charge in [-0.3, -0.25) is 4.79 Å². The number of amides is 1. The van der Waals surface area contributed by atoms with E-state index in [0.717, 1.165) is 5.56 Å². The summed E-state index contributed by atoms with van der Waals surface area (Å²) in [5, 5.41) is 2.88. The largest absolute Gasteiger partial charge is 0.493 e. The molecule has 1 heterocycles. The van der Waals surface area contributed by atoms with Gasteiger partial charge in [0.1, 0.15) is 11.9 Å². The van der Waals surface area contributed by atoms with E-state index in [2.05, 4.69) is 12.2 Å². The highest BCUT2D eigenvalue weighted by molar-refractivity contribution is 6.07. The Labute approximate surface area is 153 Å². The van der Waals surface area contributed by atoms with Crippen molar-refractivity contribution in [2.24, 2.45) is 0 Å². The van der Waals surface area contributed by atoms with E-state index in [-0.39, 0.29) is 17.9 Å². The number of nitrogens with one attached hydrogen (secondary N) is 1. The van der Waals surface area contributed by atoms with Crippen LogP contribution in [0.2, 0.25) is 0 Å². The molecule has 6 heteroatoms. The normalized spacial score (nSPS) is 17.9. The van der Waals surface area contributed by atoms with Crippen molar-refractivity contribution in [3.63, 3.8) is 0 Å². The molecule has 0 unspecified atom stereocenters. The summed E-state index contributed by atoms with van der Waals surface area (Å²) in [5.41, 5.74) is 2.10. The summed E-state index contributed by atoms with van der Waals surface area (Å²) >= 11 is 0. The van der Waals surface area contributed by atoms with Gasteiger partial charge in [0, 0.05) is 29.3 Å². The van der Waals surface area contributed by atoms with Gasteiger partial charge >= 0.3 is 0 Å². The smallest absolute Gasteiger partial charge is 0.259 e. The van der Waals surface area contributed by atoms with Gasteiger partial charge in [-0.15, -0.1) is 0 Å². The minimum atomic E-state index is -0.252. The first-order valence-corrected chi connectivity index (χ1v) is 8.41. The number of para-hydroxylation sites is 1. The SMILES string of the molecule is COc1cc(NC(=O)c2cccc3c2O[C@H](C)[C@H]3C)cc(OC)c1OC. The topological polar surface area (TPSA) is 66.0 Å². The number of carbonyl (C=O) groups is 1.